The second-order valence-corrected chi connectivity index (χ2v) is 6.02. The van der Waals surface area contributed by atoms with Gasteiger partial charge in [0.25, 0.3) is 0 Å². The van der Waals surface area contributed by atoms with Crippen molar-refractivity contribution in [2.75, 3.05) is 19.5 Å². The van der Waals surface area contributed by atoms with E-state index in [4.69, 9.17) is 19.7 Å². The monoisotopic (exact) mass is 371 g/mol. The first-order chi connectivity index (χ1) is 13.7. The number of methoxy groups -OCH3 is 2. The second kappa shape index (κ2) is 7.29. The van der Waals surface area contributed by atoms with Crippen LogP contribution < -0.4 is 14.8 Å². The molecule has 4 rings (SSSR count). The summed E-state index contributed by atoms with van der Waals surface area (Å²) in [6, 6.07) is 15.0. The molecule has 138 valence electrons. The minimum atomic E-state index is 0.583. The lowest BCUT2D eigenvalue weighted by molar-refractivity contribution is 0.355. The van der Waals surface area contributed by atoms with Gasteiger partial charge in [0.05, 0.1) is 31.5 Å². The third-order valence-corrected chi connectivity index (χ3v) is 4.31. The minimum absolute atomic E-state index is 0.583. The first-order valence-corrected chi connectivity index (χ1v) is 8.55. The van der Waals surface area contributed by atoms with Crippen LogP contribution in [0.2, 0.25) is 0 Å². The van der Waals surface area contributed by atoms with E-state index in [1.165, 1.54) is 0 Å². The molecule has 2 aromatic carbocycles. The lowest BCUT2D eigenvalue weighted by Gasteiger charge is -2.12. The van der Waals surface area contributed by atoms with Crippen LogP contribution in [0.3, 0.4) is 0 Å². The van der Waals surface area contributed by atoms with Gasteiger partial charge in [-0.05, 0) is 24.3 Å². The molecule has 1 N–H and O–H groups in total. The molecule has 0 aliphatic heterocycles. The molecular weight excluding hydrogens is 354 g/mol. The number of anilines is 2. The van der Waals surface area contributed by atoms with E-state index in [1.54, 1.807) is 26.5 Å². The van der Waals surface area contributed by atoms with Crippen molar-refractivity contribution in [3.05, 3.63) is 66.6 Å². The van der Waals surface area contributed by atoms with Crippen molar-refractivity contribution in [2.24, 2.45) is 0 Å². The predicted octanol–water partition coefficient (Wildman–Crippen LogP) is 4.03. The van der Waals surface area contributed by atoms with Gasteiger partial charge in [0.2, 0.25) is 0 Å². The number of benzene rings is 2. The Kier molecular flexibility index (Phi) is 4.52. The molecule has 2 aromatic heterocycles. The molecule has 0 saturated heterocycles. The van der Waals surface area contributed by atoms with Gasteiger partial charge in [0, 0.05) is 35.9 Å². The van der Waals surface area contributed by atoms with E-state index < -0.39 is 0 Å². The van der Waals surface area contributed by atoms with Crippen molar-refractivity contribution in [3.63, 3.8) is 0 Å². The Morgan fingerprint density at radius 1 is 1.07 bits per heavy atom. The van der Waals surface area contributed by atoms with E-state index in [9.17, 15) is 0 Å². The van der Waals surface area contributed by atoms with Gasteiger partial charge in [0.15, 0.2) is 23.0 Å². The highest BCUT2D eigenvalue weighted by molar-refractivity contribution is 5.74. The molecule has 7 heteroatoms. The zero-order chi connectivity index (χ0) is 19.5. The Balaban J connectivity index is 1.79. The van der Waals surface area contributed by atoms with Crippen LogP contribution >= 0.6 is 0 Å². The fraction of sp³-hybridized carbons (Fsp3) is 0.0952. The van der Waals surface area contributed by atoms with Crippen LogP contribution in [-0.2, 0) is 0 Å². The number of fused-ring (bicyclic) bond motifs is 1. The lowest BCUT2D eigenvalue weighted by atomic mass is 10.1. The fourth-order valence-electron chi connectivity index (χ4n) is 2.95. The summed E-state index contributed by atoms with van der Waals surface area (Å²) in [7, 11) is 3.19. The highest BCUT2D eigenvalue weighted by Crippen LogP contribution is 2.32. The van der Waals surface area contributed by atoms with Crippen LogP contribution in [0.15, 0.2) is 61.1 Å². The van der Waals surface area contributed by atoms with Crippen LogP contribution in [-0.4, -0.2) is 28.6 Å². The molecule has 2 heterocycles. The normalized spacial score (nSPS) is 10.5. The van der Waals surface area contributed by atoms with Gasteiger partial charge >= 0.3 is 0 Å². The maximum Gasteiger partial charge on any atom is 0.180 e. The molecule has 0 bridgehead atoms. The molecule has 0 spiro atoms. The SMILES string of the molecule is COc1ccc(Nc2nc(-c3cccc(C#N)c3)cn3ccnc23)cc1OC. The molecule has 4 aromatic rings. The van der Waals surface area contributed by atoms with Crippen LogP contribution in [0, 0.1) is 11.3 Å². The largest absolute Gasteiger partial charge is 0.493 e. The van der Waals surface area contributed by atoms with E-state index in [1.807, 2.05) is 53.2 Å². The number of nitriles is 1. The first-order valence-electron chi connectivity index (χ1n) is 8.55. The molecule has 0 unspecified atom stereocenters. The van der Waals surface area contributed by atoms with E-state index >= 15 is 0 Å². The quantitative estimate of drug-likeness (QED) is 0.570. The highest BCUT2D eigenvalue weighted by atomic mass is 16.5. The van der Waals surface area contributed by atoms with Gasteiger partial charge in [0.1, 0.15) is 0 Å². The molecule has 0 radical (unpaired) electrons. The average molecular weight is 371 g/mol. The van der Waals surface area contributed by atoms with Crippen molar-refractivity contribution in [1.29, 1.82) is 5.26 Å². The van der Waals surface area contributed by atoms with Gasteiger partial charge < -0.3 is 19.2 Å². The Bertz CT molecular complexity index is 1190. The Morgan fingerprint density at radius 2 is 1.93 bits per heavy atom. The Labute approximate surface area is 161 Å². The van der Waals surface area contributed by atoms with Crippen LogP contribution in [0.25, 0.3) is 16.9 Å². The van der Waals surface area contributed by atoms with Gasteiger partial charge in [-0.15, -0.1) is 0 Å². The van der Waals surface area contributed by atoms with Gasteiger partial charge in [-0.2, -0.15) is 5.26 Å². The third-order valence-electron chi connectivity index (χ3n) is 4.31. The highest BCUT2D eigenvalue weighted by Gasteiger charge is 2.12. The van der Waals surface area contributed by atoms with Crippen LogP contribution in [0.1, 0.15) is 5.56 Å². The number of imidazole rings is 1. The number of hydrogen-bond acceptors (Lipinski definition) is 6. The zero-order valence-electron chi connectivity index (χ0n) is 15.4. The van der Waals surface area contributed by atoms with Crippen molar-refractivity contribution >= 4 is 17.2 Å². The maximum absolute atomic E-state index is 9.17. The number of nitrogens with one attached hydrogen (secondary N) is 1. The van der Waals surface area contributed by atoms with Crippen LogP contribution in [0.4, 0.5) is 11.5 Å². The Morgan fingerprint density at radius 3 is 2.71 bits per heavy atom. The molecule has 0 atom stereocenters. The van der Waals surface area contributed by atoms with E-state index in [0.717, 1.165) is 16.9 Å². The number of rotatable bonds is 5. The van der Waals surface area contributed by atoms with E-state index in [2.05, 4.69) is 16.4 Å². The van der Waals surface area contributed by atoms with Gasteiger partial charge in [-0.3, -0.25) is 0 Å². The second-order valence-electron chi connectivity index (χ2n) is 6.02. The summed E-state index contributed by atoms with van der Waals surface area (Å²) in [5.74, 6) is 1.86. The summed E-state index contributed by atoms with van der Waals surface area (Å²) in [5, 5.41) is 12.5. The molecule has 0 aliphatic rings. The summed E-state index contributed by atoms with van der Waals surface area (Å²) in [6.07, 6.45) is 5.46. The van der Waals surface area contributed by atoms with Crippen molar-refractivity contribution in [3.8, 4) is 28.8 Å². The maximum atomic E-state index is 9.17. The third kappa shape index (κ3) is 3.19. The number of ether oxygens (including phenoxy) is 2. The predicted molar refractivity (Wildman–Crippen MR) is 106 cm³/mol. The van der Waals surface area contributed by atoms with E-state index in [-0.39, 0.29) is 0 Å². The van der Waals surface area contributed by atoms with Crippen molar-refractivity contribution in [2.45, 2.75) is 0 Å². The molecule has 0 saturated carbocycles. The average Bonchev–Trinajstić information content (AvgIpc) is 3.22. The summed E-state index contributed by atoms with van der Waals surface area (Å²) >= 11 is 0. The standard InChI is InChI=1S/C21H17N5O2/c1-27-18-7-6-16(11-19(18)28-2)24-20-21-23-8-9-26(21)13-17(25-20)15-5-3-4-14(10-15)12-22/h3-11,13H,1-2H3,(H,24,25). The molecule has 0 amide bonds. The fourth-order valence-corrected chi connectivity index (χ4v) is 2.95. The first kappa shape index (κ1) is 17.4. The summed E-state index contributed by atoms with van der Waals surface area (Å²) in [4.78, 5) is 9.13. The zero-order valence-corrected chi connectivity index (χ0v) is 15.4. The molecular formula is C21H17N5O2. The van der Waals surface area contributed by atoms with E-state index in [0.29, 0.717) is 28.5 Å². The number of hydrogen-bond donors (Lipinski definition) is 1. The smallest absolute Gasteiger partial charge is 0.180 e. The van der Waals surface area contributed by atoms with Crippen molar-refractivity contribution < 1.29 is 9.47 Å². The topological polar surface area (TPSA) is 84.5 Å². The molecule has 7 nitrogen and oxygen atoms in total. The summed E-state index contributed by atoms with van der Waals surface area (Å²) in [5.41, 5.74) is 3.64. The minimum Gasteiger partial charge on any atom is -0.493 e. The molecule has 0 aliphatic carbocycles. The summed E-state index contributed by atoms with van der Waals surface area (Å²) < 4.78 is 12.5. The lowest BCUT2D eigenvalue weighted by Crippen LogP contribution is -2.01. The Hall–Kier alpha value is -4.05. The molecule has 28 heavy (non-hydrogen) atoms. The van der Waals surface area contributed by atoms with Gasteiger partial charge in [-0.25, -0.2) is 9.97 Å². The van der Waals surface area contributed by atoms with Crippen LogP contribution in [0.5, 0.6) is 11.5 Å². The van der Waals surface area contributed by atoms with Gasteiger partial charge in [-0.1, -0.05) is 12.1 Å². The summed E-state index contributed by atoms with van der Waals surface area (Å²) in [6.45, 7) is 0. The number of nitrogens with zero attached hydrogens (tertiary/aromatic N) is 4. The molecule has 0 fully saturated rings. The van der Waals surface area contributed by atoms with Crippen molar-refractivity contribution in [1.82, 2.24) is 14.4 Å². The number of aromatic nitrogens is 3.